The quantitative estimate of drug-likeness (QED) is 0.790. The zero-order valence-electron chi connectivity index (χ0n) is 13.0. The van der Waals surface area contributed by atoms with Gasteiger partial charge in [-0.15, -0.1) is 0 Å². The van der Waals surface area contributed by atoms with E-state index in [1.165, 1.54) is 5.56 Å². The summed E-state index contributed by atoms with van der Waals surface area (Å²) < 4.78 is 5.53. The number of amides is 1. The summed E-state index contributed by atoms with van der Waals surface area (Å²) in [7, 11) is 4.09. The minimum atomic E-state index is -0.475. The highest BCUT2D eigenvalue weighted by atomic mass is 16.6. The Kier molecular flexibility index (Phi) is 4.04. The van der Waals surface area contributed by atoms with E-state index < -0.39 is 5.60 Å². The van der Waals surface area contributed by atoms with Crippen LogP contribution in [0.25, 0.3) is 0 Å². The van der Waals surface area contributed by atoms with Crippen LogP contribution in [0, 0.1) is 0 Å². The van der Waals surface area contributed by atoms with E-state index in [4.69, 9.17) is 4.74 Å². The summed E-state index contributed by atoms with van der Waals surface area (Å²) in [6.45, 7) is 6.34. The number of hydrogen-bond acceptors (Lipinski definition) is 3. The molecule has 110 valence electrons. The number of likely N-dealkylation sites (N-methyl/N-ethyl adjacent to an activating group) is 1. The highest BCUT2D eigenvalue weighted by molar-refractivity contribution is 5.89. The van der Waals surface area contributed by atoms with E-state index in [1.54, 1.807) is 4.90 Å². The molecule has 1 heterocycles. The van der Waals surface area contributed by atoms with Crippen LogP contribution >= 0.6 is 0 Å². The van der Waals surface area contributed by atoms with Gasteiger partial charge in [0.15, 0.2) is 0 Å². The molecule has 0 N–H and O–H groups in total. The molecule has 1 aliphatic heterocycles. The molecular weight excluding hydrogens is 252 g/mol. The van der Waals surface area contributed by atoms with Gasteiger partial charge < -0.3 is 9.64 Å². The number of anilines is 1. The lowest BCUT2D eigenvalue weighted by Crippen LogP contribution is -2.49. The van der Waals surface area contributed by atoms with E-state index in [9.17, 15) is 4.79 Å². The average Bonchev–Trinajstić information content (AvgIpc) is 2.35. The van der Waals surface area contributed by atoms with Crippen molar-refractivity contribution in [3.05, 3.63) is 29.8 Å². The molecule has 0 bridgehead atoms. The summed E-state index contributed by atoms with van der Waals surface area (Å²) in [6.07, 6.45) is 0.694. The lowest BCUT2D eigenvalue weighted by Gasteiger charge is -2.38. The zero-order chi connectivity index (χ0) is 14.9. The smallest absolute Gasteiger partial charge is 0.414 e. The SMILES string of the molecule is CN(C)[C@H]1Cc2ccccc2N(C(=O)OC(C)(C)C)C1. The van der Waals surface area contributed by atoms with Gasteiger partial charge in [0, 0.05) is 12.6 Å². The Morgan fingerprint density at radius 2 is 1.95 bits per heavy atom. The first-order valence-electron chi connectivity index (χ1n) is 7.03. The molecule has 0 unspecified atom stereocenters. The van der Waals surface area contributed by atoms with Crippen molar-refractivity contribution in [2.24, 2.45) is 0 Å². The first-order valence-corrected chi connectivity index (χ1v) is 7.03. The molecule has 0 saturated carbocycles. The molecule has 1 amide bonds. The molecule has 20 heavy (non-hydrogen) atoms. The second-order valence-corrected chi connectivity index (χ2v) is 6.54. The summed E-state index contributed by atoms with van der Waals surface area (Å²) in [5.41, 5.74) is 1.69. The normalized spacial score (nSPS) is 18.9. The van der Waals surface area contributed by atoms with Gasteiger partial charge in [-0.25, -0.2) is 4.79 Å². The second-order valence-electron chi connectivity index (χ2n) is 6.54. The summed E-state index contributed by atoms with van der Waals surface area (Å²) in [4.78, 5) is 16.3. The van der Waals surface area contributed by atoms with Crippen molar-refractivity contribution in [3.8, 4) is 0 Å². The molecule has 0 radical (unpaired) electrons. The number of hydrogen-bond donors (Lipinski definition) is 0. The van der Waals surface area contributed by atoms with Crippen molar-refractivity contribution in [2.75, 3.05) is 25.5 Å². The molecule has 4 heteroatoms. The van der Waals surface area contributed by atoms with E-state index in [1.807, 2.05) is 53.1 Å². The van der Waals surface area contributed by atoms with Crippen LogP contribution in [0.4, 0.5) is 10.5 Å². The molecule has 1 aromatic rings. The van der Waals surface area contributed by atoms with Crippen LogP contribution in [-0.2, 0) is 11.2 Å². The highest BCUT2D eigenvalue weighted by Crippen LogP contribution is 2.29. The molecule has 0 spiro atoms. The van der Waals surface area contributed by atoms with Crippen LogP contribution in [0.2, 0.25) is 0 Å². The molecule has 1 aliphatic rings. The summed E-state index contributed by atoms with van der Waals surface area (Å²) in [5, 5.41) is 0. The summed E-state index contributed by atoms with van der Waals surface area (Å²) >= 11 is 0. The molecule has 2 rings (SSSR count). The van der Waals surface area contributed by atoms with Gasteiger partial charge in [0.1, 0.15) is 5.60 Å². The number of nitrogens with zero attached hydrogens (tertiary/aromatic N) is 2. The van der Waals surface area contributed by atoms with Gasteiger partial charge in [0.2, 0.25) is 0 Å². The van der Waals surface area contributed by atoms with Gasteiger partial charge in [-0.2, -0.15) is 0 Å². The van der Waals surface area contributed by atoms with Gasteiger partial charge in [0.25, 0.3) is 0 Å². The van der Waals surface area contributed by atoms with Crippen molar-refractivity contribution in [2.45, 2.75) is 38.8 Å². The van der Waals surface area contributed by atoms with Crippen LogP contribution in [0.5, 0.6) is 0 Å². The Morgan fingerprint density at radius 3 is 2.55 bits per heavy atom. The second kappa shape index (κ2) is 5.44. The van der Waals surface area contributed by atoms with Crippen LogP contribution in [0.1, 0.15) is 26.3 Å². The maximum atomic E-state index is 12.4. The number of para-hydroxylation sites is 1. The van der Waals surface area contributed by atoms with Crippen molar-refractivity contribution >= 4 is 11.8 Å². The highest BCUT2D eigenvalue weighted by Gasteiger charge is 2.32. The minimum absolute atomic E-state index is 0.267. The minimum Gasteiger partial charge on any atom is -0.443 e. The Morgan fingerprint density at radius 1 is 1.30 bits per heavy atom. The van der Waals surface area contributed by atoms with E-state index in [-0.39, 0.29) is 6.09 Å². The van der Waals surface area contributed by atoms with Crippen molar-refractivity contribution in [3.63, 3.8) is 0 Å². The van der Waals surface area contributed by atoms with Crippen molar-refractivity contribution < 1.29 is 9.53 Å². The fourth-order valence-corrected chi connectivity index (χ4v) is 2.41. The Bertz CT molecular complexity index is 491. The van der Waals surface area contributed by atoms with Crippen molar-refractivity contribution in [1.82, 2.24) is 4.90 Å². The molecule has 1 atom stereocenters. The van der Waals surface area contributed by atoms with E-state index >= 15 is 0 Å². The fraction of sp³-hybridized carbons (Fsp3) is 0.562. The average molecular weight is 276 g/mol. The lowest BCUT2D eigenvalue weighted by atomic mass is 9.97. The topological polar surface area (TPSA) is 32.8 Å². The Balaban J connectivity index is 2.29. The first kappa shape index (κ1) is 14.9. The zero-order valence-corrected chi connectivity index (χ0v) is 13.0. The predicted molar refractivity (Wildman–Crippen MR) is 81.2 cm³/mol. The number of rotatable bonds is 1. The van der Waals surface area contributed by atoms with Gasteiger partial charge in [-0.1, -0.05) is 18.2 Å². The number of carbonyl (C=O) groups excluding carboxylic acids is 1. The van der Waals surface area contributed by atoms with Crippen LogP contribution in [0.15, 0.2) is 24.3 Å². The van der Waals surface area contributed by atoms with E-state index in [2.05, 4.69) is 11.0 Å². The first-order chi connectivity index (χ1) is 9.28. The standard InChI is InChI=1S/C16H24N2O2/c1-16(2,3)20-15(19)18-11-13(17(4)5)10-12-8-6-7-9-14(12)18/h6-9,13H,10-11H2,1-5H3/t13-/m0/s1. The van der Waals surface area contributed by atoms with Crippen LogP contribution in [0.3, 0.4) is 0 Å². The van der Waals surface area contributed by atoms with Crippen molar-refractivity contribution in [1.29, 1.82) is 0 Å². The van der Waals surface area contributed by atoms with E-state index in [0.29, 0.717) is 12.6 Å². The molecule has 1 aromatic carbocycles. The largest absolute Gasteiger partial charge is 0.443 e. The Labute approximate surface area is 121 Å². The number of benzene rings is 1. The maximum absolute atomic E-state index is 12.4. The predicted octanol–water partition coefficient (Wildman–Crippen LogP) is 2.91. The number of ether oxygens (including phenoxy) is 1. The maximum Gasteiger partial charge on any atom is 0.414 e. The van der Waals surface area contributed by atoms with Gasteiger partial charge in [-0.05, 0) is 52.9 Å². The molecule has 0 saturated heterocycles. The van der Waals surface area contributed by atoms with Gasteiger partial charge in [-0.3, -0.25) is 4.90 Å². The monoisotopic (exact) mass is 276 g/mol. The molecule has 0 aromatic heterocycles. The van der Waals surface area contributed by atoms with E-state index in [0.717, 1.165) is 12.1 Å². The van der Waals surface area contributed by atoms with Crippen LogP contribution in [-0.4, -0.2) is 43.3 Å². The van der Waals surface area contributed by atoms with Crippen LogP contribution < -0.4 is 4.90 Å². The number of fused-ring (bicyclic) bond motifs is 1. The summed E-state index contributed by atoms with van der Waals surface area (Å²) in [5.74, 6) is 0. The third-order valence-electron chi connectivity index (χ3n) is 3.48. The Hall–Kier alpha value is -1.55. The molecular formula is C16H24N2O2. The fourth-order valence-electron chi connectivity index (χ4n) is 2.41. The van der Waals surface area contributed by atoms with Gasteiger partial charge >= 0.3 is 6.09 Å². The lowest BCUT2D eigenvalue weighted by molar-refractivity contribution is 0.0567. The third-order valence-corrected chi connectivity index (χ3v) is 3.48. The summed E-state index contributed by atoms with van der Waals surface area (Å²) in [6, 6.07) is 8.38. The third kappa shape index (κ3) is 3.31. The molecule has 0 fully saturated rings. The molecule has 0 aliphatic carbocycles. The molecule has 4 nitrogen and oxygen atoms in total. The van der Waals surface area contributed by atoms with Gasteiger partial charge in [0.05, 0.1) is 5.69 Å². The number of carbonyl (C=O) groups is 1.